The molecule has 2 fully saturated rings. The fourth-order valence-electron chi connectivity index (χ4n) is 7.02. The SMILES string of the molecule is CC(C(O)c1ccc(O)cc1)N1CCC(Cc2ccccc2)CC1.II.OC(CN1CCC(Cc2ccc(F)cc2)CC1)c1ccc(Cl)cc1. The van der Waals surface area contributed by atoms with Gasteiger partial charge in [0.25, 0.3) is 0 Å². The maximum absolute atomic E-state index is 13.0. The minimum Gasteiger partial charge on any atom is -0.508 e. The van der Waals surface area contributed by atoms with Crippen LogP contribution in [0.25, 0.3) is 0 Å². The molecule has 0 saturated carbocycles. The Labute approximate surface area is 326 Å². The predicted octanol–water partition coefficient (Wildman–Crippen LogP) is 10.0. The third-order valence-electron chi connectivity index (χ3n) is 10.1. The second-order valence-corrected chi connectivity index (χ2v) is 14.0. The molecule has 2 heterocycles. The number of hydrogen-bond acceptors (Lipinski definition) is 5. The number of aromatic hydroxyl groups is 1. The third-order valence-corrected chi connectivity index (χ3v) is 10.4. The van der Waals surface area contributed by atoms with Crippen LogP contribution in [0.5, 0.6) is 5.75 Å². The maximum atomic E-state index is 13.0. The van der Waals surface area contributed by atoms with E-state index in [4.69, 9.17) is 11.6 Å². The van der Waals surface area contributed by atoms with Gasteiger partial charge in [-0.1, -0.05) is 78.3 Å². The van der Waals surface area contributed by atoms with Crippen LogP contribution < -0.4 is 0 Å². The van der Waals surface area contributed by atoms with E-state index in [1.54, 1.807) is 24.3 Å². The second kappa shape index (κ2) is 21.7. The molecule has 3 unspecified atom stereocenters. The lowest BCUT2D eigenvalue weighted by molar-refractivity contribution is 0.0373. The van der Waals surface area contributed by atoms with Gasteiger partial charge in [-0.05, 0) is 142 Å². The van der Waals surface area contributed by atoms with Gasteiger partial charge in [0, 0.05) is 54.8 Å². The summed E-state index contributed by atoms with van der Waals surface area (Å²) >= 11 is 10.1. The number of rotatable bonds is 10. The molecule has 0 spiro atoms. The molecular formula is C41H50ClFI2N2O3. The molecule has 2 saturated heterocycles. The van der Waals surface area contributed by atoms with E-state index in [9.17, 15) is 19.7 Å². The zero-order valence-corrected chi connectivity index (χ0v) is 33.8. The number of nitrogens with zero attached hydrogens (tertiary/aromatic N) is 2. The average molecular weight is 927 g/mol. The third kappa shape index (κ3) is 13.3. The fraction of sp³-hybridized carbons (Fsp3) is 0.415. The number of likely N-dealkylation sites (tertiary alicyclic amines) is 2. The minimum absolute atomic E-state index is 0.0900. The van der Waals surface area contributed by atoms with Gasteiger partial charge in [0.1, 0.15) is 11.6 Å². The van der Waals surface area contributed by atoms with Crippen LogP contribution in [0.2, 0.25) is 5.02 Å². The van der Waals surface area contributed by atoms with Crippen LogP contribution in [0.15, 0.2) is 103 Å². The van der Waals surface area contributed by atoms with Gasteiger partial charge in [0.15, 0.2) is 0 Å². The summed E-state index contributed by atoms with van der Waals surface area (Å²) in [7, 11) is 0. The summed E-state index contributed by atoms with van der Waals surface area (Å²) in [6, 6.07) is 31.9. The molecular weight excluding hydrogens is 877 g/mol. The number of aliphatic hydroxyl groups excluding tert-OH is 2. The van der Waals surface area contributed by atoms with Crippen molar-refractivity contribution in [2.24, 2.45) is 11.8 Å². The molecule has 9 heteroatoms. The lowest BCUT2D eigenvalue weighted by atomic mass is 9.89. The number of phenolic OH excluding ortho intramolecular Hbond substituents is 1. The topological polar surface area (TPSA) is 67.2 Å². The summed E-state index contributed by atoms with van der Waals surface area (Å²) in [6.07, 6.45) is 5.77. The van der Waals surface area contributed by atoms with Crippen molar-refractivity contribution < 1.29 is 19.7 Å². The Balaban J connectivity index is 0.000000214. The van der Waals surface area contributed by atoms with Crippen LogP contribution in [0, 0.1) is 17.7 Å². The summed E-state index contributed by atoms with van der Waals surface area (Å²) < 4.78 is 13.0. The Kier molecular flexibility index (Phi) is 17.7. The smallest absolute Gasteiger partial charge is 0.123 e. The summed E-state index contributed by atoms with van der Waals surface area (Å²) in [5.74, 6) is 1.44. The second-order valence-electron chi connectivity index (χ2n) is 13.6. The van der Waals surface area contributed by atoms with Crippen molar-refractivity contribution in [3.63, 3.8) is 0 Å². The van der Waals surface area contributed by atoms with Crippen LogP contribution in [-0.2, 0) is 12.8 Å². The molecule has 270 valence electrons. The van der Waals surface area contributed by atoms with Crippen LogP contribution >= 0.6 is 48.8 Å². The Morgan fingerprint density at radius 1 is 0.700 bits per heavy atom. The minimum atomic E-state index is -0.517. The van der Waals surface area contributed by atoms with Gasteiger partial charge in [-0.2, -0.15) is 0 Å². The number of benzene rings is 4. The summed E-state index contributed by atoms with van der Waals surface area (Å²) in [6.45, 7) is 6.81. The van der Waals surface area contributed by atoms with Crippen LogP contribution in [-0.4, -0.2) is 63.9 Å². The number of β-amino-alcohol motifs (C(OH)–C–C–N with tert-alkyl or cyclic N) is 1. The zero-order chi connectivity index (χ0) is 35.9. The molecule has 6 rings (SSSR count). The molecule has 3 atom stereocenters. The number of halogens is 4. The lowest BCUT2D eigenvalue weighted by Gasteiger charge is -2.38. The van der Waals surface area contributed by atoms with E-state index in [2.05, 4.69) is 84.3 Å². The van der Waals surface area contributed by atoms with Crippen LogP contribution in [0.1, 0.15) is 67.1 Å². The van der Waals surface area contributed by atoms with Gasteiger partial charge in [0.2, 0.25) is 0 Å². The lowest BCUT2D eigenvalue weighted by Crippen LogP contribution is -2.43. The highest BCUT2D eigenvalue weighted by Gasteiger charge is 2.28. The van der Waals surface area contributed by atoms with Crippen molar-refractivity contribution in [2.75, 3.05) is 32.7 Å². The standard InChI is InChI=1S/C21H27NO2.C20H23ClFNO.I2/c1-16(21(24)19-7-9-20(23)10-8-19)22-13-11-18(12-14-22)15-17-5-3-2-4-6-17;21-18-5-3-17(4-6-18)20(24)14-23-11-9-16(10-12-23)13-15-1-7-19(22)8-2-15;1-2/h2-10,16,18,21,23-24H,11-15H2,1H3;1-8,16,20,24H,9-14H2;. The van der Waals surface area contributed by atoms with E-state index in [1.165, 1.54) is 36.1 Å². The van der Waals surface area contributed by atoms with Crippen molar-refractivity contribution >= 4 is 48.8 Å². The number of phenols is 1. The van der Waals surface area contributed by atoms with E-state index < -0.39 is 12.2 Å². The van der Waals surface area contributed by atoms with Crippen LogP contribution in [0.4, 0.5) is 4.39 Å². The molecule has 2 aliphatic rings. The van der Waals surface area contributed by atoms with Crippen molar-refractivity contribution in [3.05, 3.63) is 136 Å². The molecule has 2 aliphatic heterocycles. The van der Waals surface area contributed by atoms with Gasteiger partial charge in [0.05, 0.1) is 12.2 Å². The Bertz CT molecular complexity index is 1500. The van der Waals surface area contributed by atoms with Gasteiger partial charge in [-0.15, -0.1) is 0 Å². The average Bonchev–Trinajstić information content (AvgIpc) is 3.15. The van der Waals surface area contributed by atoms with Gasteiger partial charge in [-0.25, -0.2) is 4.39 Å². The van der Waals surface area contributed by atoms with Crippen LogP contribution in [0.3, 0.4) is 0 Å². The first-order chi connectivity index (χ1) is 24.2. The molecule has 0 amide bonds. The highest BCUT2D eigenvalue weighted by atomic mass is 128. The van der Waals surface area contributed by atoms with Gasteiger partial charge >= 0.3 is 0 Å². The van der Waals surface area contributed by atoms with E-state index in [1.807, 2.05) is 36.4 Å². The molecule has 0 radical (unpaired) electrons. The predicted molar refractivity (Wildman–Crippen MR) is 221 cm³/mol. The highest BCUT2D eigenvalue weighted by Crippen LogP contribution is 2.29. The molecule has 50 heavy (non-hydrogen) atoms. The first-order valence-corrected chi connectivity index (χ1v) is 24.2. The van der Waals surface area contributed by atoms with Crippen molar-refractivity contribution in [1.82, 2.24) is 9.80 Å². The van der Waals surface area contributed by atoms with Gasteiger partial charge in [-0.3, -0.25) is 4.90 Å². The summed E-state index contributed by atoms with van der Waals surface area (Å²) in [5.41, 5.74) is 4.41. The van der Waals surface area contributed by atoms with Gasteiger partial charge < -0.3 is 20.2 Å². The van der Waals surface area contributed by atoms with E-state index in [0.29, 0.717) is 17.5 Å². The molecule has 4 aromatic carbocycles. The Morgan fingerprint density at radius 2 is 1.20 bits per heavy atom. The van der Waals surface area contributed by atoms with Crippen molar-refractivity contribution in [2.45, 2.75) is 63.7 Å². The summed E-state index contributed by atoms with van der Waals surface area (Å²) in [5, 5.41) is 31.1. The van der Waals surface area contributed by atoms with E-state index >= 15 is 0 Å². The zero-order valence-electron chi connectivity index (χ0n) is 28.7. The monoisotopic (exact) mass is 926 g/mol. The normalized spacial score (nSPS) is 17.8. The molecule has 0 aromatic heterocycles. The number of aliphatic hydroxyl groups is 2. The highest BCUT2D eigenvalue weighted by molar-refractivity contribution is 15.0. The molecule has 5 nitrogen and oxygen atoms in total. The Morgan fingerprint density at radius 3 is 1.76 bits per heavy atom. The molecule has 0 bridgehead atoms. The molecule has 3 N–H and O–H groups in total. The molecule has 0 aliphatic carbocycles. The number of hydrogen-bond donors (Lipinski definition) is 3. The first-order valence-electron chi connectivity index (χ1n) is 17.5. The maximum Gasteiger partial charge on any atom is 0.123 e. The van der Waals surface area contributed by atoms with Crippen molar-refractivity contribution in [1.29, 1.82) is 0 Å². The first kappa shape index (κ1) is 41.0. The largest absolute Gasteiger partial charge is 0.508 e. The molecule has 4 aromatic rings. The Hall–Kier alpha value is -1.80. The van der Waals surface area contributed by atoms with E-state index in [0.717, 1.165) is 68.9 Å². The number of piperidine rings is 2. The fourth-order valence-corrected chi connectivity index (χ4v) is 7.15. The summed E-state index contributed by atoms with van der Waals surface area (Å²) in [4.78, 5) is 4.71. The quantitative estimate of drug-likeness (QED) is 0.138. The van der Waals surface area contributed by atoms with Crippen molar-refractivity contribution in [3.8, 4) is 5.75 Å². The van der Waals surface area contributed by atoms with E-state index in [-0.39, 0.29) is 17.6 Å².